The first-order chi connectivity index (χ1) is 9.75. The van der Waals surface area contributed by atoms with E-state index in [4.69, 9.17) is 5.11 Å². The van der Waals surface area contributed by atoms with Crippen LogP contribution in [0.25, 0.3) is 0 Å². The first-order valence-electron chi connectivity index (χ1n) is 5.94. The predicted octanol–water partition coefficient (Wildman–Crippen LogP) is 1.84. The Bertz CT molecular complexity index is 643. The molecule has 1 rings (SSSR count). The lowest BCUT2D eigenvalue weighted by molar-refractivity contribution is -0.142. The molecule has 0 aromatic heterocycles. The summed E-state index contributed by atoms with van der Waals surface area (Å²) >= 11 is 3.13. The molecule has 0 amide bonds. The van der Waals surface area contributed by atoms with E-state index in [0.717, 1.165) is 0 Å². The molecule has 7 nitrogen and oxygen atoms in total. The Balaban J connectivity index is 2.81. The first-order valence-corrected chi connectivity index (χ1v) is 8.38. The van der Waals surface area contributed by atoms with Gasteiger partial charge in [-0.25, -0.2) is 13.2 Å². The highest BCUT2D eigenvalue weighted by atomic mass is 79.9. The van der Waals surface area contributed by atoms with Gasteiger partial charge in [0.2, 0.25) is 10.0 Å². The monoisotopic (exact) mass is 379 g/mol. The van der Waals surface area contributed by atoms with Gasteiger partial charge in [0, 0.05) is 4.47 Å². The molecular formula is C12H14BrNO6S. The minimum atomic E-state index is -3.79. The average Bonchev–Trinajstić information content (AvgIpc) is 2.39. The van der Waals surface area contributed by atoms with Gasteiger partial charge in [-0.1, -0.05) is 0 Å². The molecule has 0 saturated carbocycles. The van der Waals surface area contributed by atoms with E-state index in [9.17, 15) is 18.0 Å². The molecule has 0 fully saturated rings. The van der Waals surface area contributed by atoms with E-state index >= 15 is 0 Å². The second-order valence-corrected chi connectivity index (χ2v) is 6.67. The van der Waals surface area contributed by atoms with Crippen LogP contribution in [0.2, 0.25) is 0 Å². The Morgan fingerprint density at radius 2 is 2.05 bits per heavy atom. The summed E-state index contributed by atoms with van der Waals surface area (Å²) in [4.78, 5) is 22.0. The maximum Gasteiger partial charge on any atom is 0.335 e. The van der Waals surface area contributed by atoms with E-state index in [1.165, 1.54) is 18.2 Å². The third kappa shape index (κ3) is 5.72. The van der Waals surface area contributed by atoms with Gasteiger partial charge in [0.1, 0.15) is 0 Å². The summed E-state index contributed by atoms with van der Waals surface area (Å²) in [5.74, 6) is -2.23. The van der Waals surface area contributed by atoms with E-state index in [1.807, 2.05) is 0 Å². The topological polar surface area (TPSA) is 110 Å². The molecule has 0 spiro atoms. The Morgan fingerprint density at radius 3 is 2.62 bits per heavy atom. The zero-order valence-electron chi connectivity index (χ0n) is 11.1. The summed E-state index contributed by atoms with van der Waals surface area (Å²) < 4.78 is 31.0. The van der Waals surface area contributed by atoms with Gasteiger partial charge in [0.15, 0.2) is 0 Å². The number of aromatic carboxylic acids is 1. The lowest BCUT2D eigenvalue weighted by Gasteiger charge is -2.10. The van der Waals surface area contributed by atoms with E-state index in [1.54, 1.807) is 6.92 Å². The maximum atomic E-state index is 11.9. The number of hydrogen-bond acceptors (Lipinski definition) is 5. The van der Waals surface area contributed by atoms with E-state index in [0.29, 0.717) is 4.47 Å². The van der Waals surface area contributed by atoms with Gasteiger partial charge in [-0.05, 0) is 41.1 Å². The fourth-order valence-electron chi connectivity index (χ4n) is 1.41. The number of carboxylic acids is 1. The summed E-state index contributed by atoms with van der Waals surface area (Å²) in [5.41, 5.74) is 0.0417. The van der Waals surface area contributed by atoms with E-state index in [2.05, 4.69) is 25.4 Å². The van der Waals surface area contributed by atoms with Gasteiger partial charge in [0.05, 0.1) is 30.0 Å². The number of benzene rings is 1. The Morgan fingerprint density at radius 1 is 1.38 bits per heavy atom. The largest absolute Gasteiger partial charge is 0.478 e. The molecule has 0 bridgehead atoms. The highest BCUT2D eigenvalue weighted by Gasteiger charge is 2.16. The van der Waals surface area contributed by atoms with Gasteiger partial charge in [-0.2, -0.15) is 0 Å². The Hall–Kier alpha value is -1.61. The Kier molecular flexibility index (Phi) is 6.16. The second-order valence-electron chi connectivity index (χ2n) is 3.98. The molecule has 0 aliphatic rings. The quantitative estimate of drug-likeness (QED) is 0.699. The number of esters is 1. The van der Waals surface area contributed by atoms with Crippen LogP contribution < -0.4 is 4.72 Å². The SMILES string of the molecule is CCOC(=O)CCS(=O)(=O)Nc1cc(C(=O)O)ccc1Br. The van der Waals surface area contributed by atoms with Gasteiger partial charge < -0.3 is 9.84 Å². The molecule has 1 aromatic rings. The first kappa shape index (κ1) is 17.4. The van der Waals surface area contributed by atoms with Crippen molar-refractivity contribution in [3.63, 3.8) is 0 Å². The molecule has 0 heterocycles. The molecular weight excluding hydrogens is 366 g/mol. The number of carboxylic acid groups (broad SMARTS) is 1. The maximum absolute atomic E-state index is 11.9. The zero-order valence-corrected chi connectivity index (χ0v) is 13.5. The van der Waals surface area contributed by atoms with Crippen LogP contribution in [0, 0.1) is 0 Å². The van der Waals surface area contributed by atoms with Gasteiger partial charge >= 0.3 is 11.9 Å². The zero-order chi connectivity index (χ0) is 16.0. The summed E-state index contributed by atoms with van der Waals surface area (Å²) in [7, 11) is -3.79. The minimum Gasteiger partial charge on any atom is -0.478 e. The lowest BCUT2D eigenvalue weighted by Crippen LogP contribution is -2.20. The van der Waals surface area contributed by atoms with Crippen LogP contribution in [0.15, 0.2) is 22.7 Å². The van der Waals surface area contributed by atoms with Crippen LogP contribution in [0.5, 0.6) is 0 Å². The number of carbonyl (C=O) groups excluding carboxylic acids is 1. The highest BCUT2D eigenvalue weighted by molar-refractivity contribution is 9.10. The smallest absolute Gasteiger partial charge is 0.335 e. The fourth-order valence-corrected chi connectivity index (χ4v) is 2.92. The molecule has 0 aliphatic carbocycles. The number of anilines is 1. The molecule has 0 saturated heterocycles. The standard InChI is InChI=1S/C12H14BrNO6S/c1-2-20-11(15)5-6-21(18,19)14-10-7-8(12(16)17)3-4-9(10)13/h3-4,7,14H,2,5-6H2,1H3,(H,16,17). The molecule has 0 radical (unpaired) electrons. The van der Waals surface area contributed by atoms with Crippen molar-refractivity contribution >= 4 is 43.6 Å². The molecule has 116 valence electrons. The van der Waals surface area contributed by atoms with Gasteiger partial charge in [0.25, 0.3) is 0 Å². The van der Waals surface area contributed by atoms with Crippen molar-refractivity contribution in [2.24, 2.45) is 0 Å². The van der Waals surface area contributed by atoms with Crippen LogP contribution in [0.1, 0.15) is 23.7 Å². The lowest BCUT2D eigenvalue weighted by atomic mass is 10.2. The minimum absolute atomic E-state index is 0.0544. The number of ether oxygens (including phenoxy) is 1. The molecule has 1 aromatic carbocycles. The van der Waals surface area contributed by atoms with Crippen molar-refractivity contribution < 1.29 is 27.9 Å². The van der Waals surface area contributed by atoms with Crippen LogP contribution >= 0.6 is 15.9 Å². The van der Waals surface area contributed by atoms with Crippen molar-refractivity contribution in [2.45, 2.75) is 13.3 Å². The van der Waals surface area contributed by atoms with E-state index in [-0.39, 0.29) is 24.3 Å². The summed E-state index contributed by atoms with van der Waals surface area (Å²) in [6, 6.07) is 3.95. The number of carbonyl (C=O) groups is 2. The fraction of sp³-hybridized carbons (Fsp3) is 0.333. The Labute approximate surface area is 130 Å². The van der Waals surface area contributed by atoms with Crippen molar-refractivity contribution in [1.29, 1.82) is 0 Å². The molecule has 9 heteroatoms. The summed E-state index contributed by atoms with van der Waals surface area (Å²) in [5, 5.41) is 8.88. The average molecular weight is 380 g/mol. The number of sulfonamides is 1. The predicted molar refractivity (Wildman–Crippen MR) is 79.8 cm³/mol. The number of rotatable bonds is 7. The van der Waals surface area contributed by atoms with Crippen molar-refractivity contribution in [2.75, 3.05) is 17.1 Å². The number of halogens is 1. The van der Waals surface area contributed by atoms with Gasteiger partial charge in [-0.15, -0.1) is 0 Å². The molecule has 0 aliphatic heterocycles. The summed E-state index contributed by atoms with van der Waals surface area (Å²) in [6.07, 6.45) is -0.278. The molecule has 2 N–H and O–H groups in total. The van der Waals surface area contributed by atoms with Crippen molar-refractivity contribution in [3.05, 3.63) is 28.2 Å². The normalized spacial score (nSPS) is 11.0. The molecule has 21 heavy (non-hydrogen) atoms. The molecule has 0 unspecified atom stereocenters. The third-order valence-electron chi connectivity index (χ3n) is 2.36. The van der Waals surface area contributed by atoms with Crippen LogP contribution in [0.3, 0.4) is 0 Å². The van der Waals surface area contributed by atoms with Crippen molar-refractivity contribution in [1.82, 2.24) is 0 Å². The van der Waals surface area contributed by atoms with Crippen LogP contribution in [-0.4, -0.2) is 37.8 Å². The second kappa shape index (κ2) is 7.41. The number of nitrogens with one attached hydrogen (secondary N) is 1. The highest BCUT2D eigenvalue weighted by Crippen LogP contribution is 2.24. The molecule has 0 atom stereocenters. The van der Waals surface area contributed by atoms with Gasteiger partial charge in [-0.3, -0.25) is 9.52 Å². The number of hydrogen-bond donors (Lipinski definition) is 2. The van der Waals surface area contributed by atoms with Crippen LogP contribution in [-0.2, 0) is 19.6 Å². The summed E-state index contributed by atoms with van der Waals surface area (Å²) in [6.45, 7) is 1.80. The van der Waals surface area contributed by atoms with Crippen LogP contribution in [0.4, 0.5) is 5.69 Å². The van der Waals surface area contributed by atoms with E-state index < -0.39 is 27.7 Å². The van der Waals surface area contributed by atoms with Crippen molar-refractivity contribution in [3.8, 4) is 0 Å². The third-order valence-corrected chi connectivity index (χ3v) is 4.32.